The molecule has 0 aliphatic heterocycles. The number of aliphatic hydroxyl groups excluding tert-OH is 1. The summed E-state index contributed by atoms with van der Waals surface area (Å²) in [7, 11) is -4.42. The number of hydrogen-bond acceptors (Lipinski definition) is 7. The summed E-state index contributed by atoms with van der Waals surface area (Å²) in [6, 6.07) is 0. The van der Waals surface area contributed by atoms with Crippen molar-refractivity contribution in [1.29, 1.82) is 0 Å². The number of rotatable bonds is 47. The van der Waals surface area contributed by atoms with Crippen LogP contribution in [-0.4, -0.2) is 54.3 Å². The molecule has 0 saturated carbocycles. The van der Waals surface area contributed by atoms with Crippen LogP contribution >= 0.6 is 7.82 Å². The zero-order chi connectivity index (χ0) is 43.9. The van der Waals surface area contributed by atoms with E-state index in [-0.39, 0.29) is 32.1 Å². The predicted molar refractivity (Wildman–Crippen MR) is 252 cm³/mol. The van der Waals surface area contributed by atoms with Crippen molar-refractivity contribution in [3.8, 4) is 0 Å². The minimum Gasteiger partial charge on any atom is -0.463 e. The number of allylic oxidation sites excluding steroid dienone is 6. The number of phosphoric ester groups is 1. The Morgan fingerprint density at radius 1 is 0.517 bits per heavy atom. The van der Waals surface area contributed by atoms with Crippen LogP contribution in [0.5, 0.6) is 0 Å². The van der Waals surface area contributed by atoms with Crippen molar-refractivity contribution in [2.75, 3.05) is 26.4 Å². The van der Waals surface area contributed by atoms with Gasteiger partial charge < -0.3 is 20.1 Å². The molecular weight excluding hydrogens is 774 g/mol. The Bertz CT molecular complexity index is 1080. The number of carbonyl (C=O) groups excluding carboxylic acids is 2. The van der Waals surface area contributed by atoms with Gasteiger partial charge in [0.25, 0.3) is 0 Å². The van der Waals surface area contributed by atoms with Crippen molar-refractivity contribution < 1.29 is 37.9 Å². The van der Waals surface area contributed by atoms with Gasteiger partial charge in [0.2, 0.25) is 5.91 Å². The molecule has 0 aliphatic carbocycles. The van der Waals surface area contributed by atoms with Crippen LogP contribution in [0.15, 0.2) is 36.5 Å². The average Bonchev–Trinajstić information content (AvgIpc) is 3.23. The Labute approximate surface area is 369 Å². The molecule has 0 saturated heterocycles. The third-order valence-corrected chi connectivity index (χ3v) is 11.8. The van der Waals surface area contributed by atoms with Gasteiger partial charge in [0.1, 0.15) is 12.7 Å². The molecule has 0 aliphatic rings. The van der Waals surface area contributed by atoms with E-state index < -0.39 is 26.5 Å². The highest BCUT2D eigenvalue weighted by atomic mass is 31.2. The van der Waals surface area contributed by atoms with Gasteiger partial charge in [0, 0.05) is 19.4 Å². The second-order valence-electron chi connectivity index (χ2n) is 16.8. The molecule has 0 aromatic heterocycles. The minimum absolute atomic E-state index is 0.0803. The van der Waals surface area contributed by atoms with Gasteiger partial charge in [0.15, 0.2) is 0 Å². The first-order valence-corrected chi connectivity index (χ1v) is 26.5. The second-order valence-corrected chi connectivity index (χ2v) is 18.2. The van der Waals surface area contributed by atoms with E-state index in [2.05, 4.69) is 55.6 Å². The van der Waals surface area contributed by atoms with Crippen molar-refractivity contribution in [1.82, 2.24) is 5.32 Å². The van der Waals surface area contributed by atoms with Crippen LogP contribution in [0.1, 0.15) is 239 Å². The molecule has 60 heavy (non-hydrogen) atoms. The van der Waals surface area contributed by atoms with E-state index in [9.17, 15) is 24.2 Å². The summed E-state index contributed by atoms with van der Waals surface area (Å²) in [5.41, 5.74) is 0. The number of aliphatic hydroxyl groups is 1. The highest BCUT2D eigenvalue weighted by Crippen LogP contribution is 2.42. The summed E-state index contributed by atoms with van der Waals surface area (Å²) >= 11 is 0. The van der Waals surface area contributed by atoms with E-state index in [1.165, 1.54) is 167 Å². The maximum Gasteiger partial charge on any atom is 0.472 e. The summed E-state index contributed by atoms with van der Waals surface area (Å²) in [6.45, 7) is 3.55. The smallest absolute Gasteiger partial charge is 0.463 e. The fourth-order valence-electron chi connectivity index (χ4n) is 6.99. The standard InChI is InChI=1S/C50H94NO8P/c1-3-5-7-9-11-13-15-17-19-21-23-24-25-27-29-31-33-35-37-39-41-43-50(54)57-46-48(52)47-59-60(55,56)58-45-44-51-49(53)42-40-38-36-34-32-30-28-26-22-20-18-16-14-12-10-8-6-4-2/h11,13,17,19-20,22,48,52H,3-10,12,14-16,18,21,23-47H2,1-2H3,(H,51,53)(H,55,56)/b13-11-,19-17-,22-20-. The molecule has 0 rings (SSSR count). The number of esters is 1. The van der Waals surface area contributed by atoms with E-state index in [0.29, 0.717) is 6.42 Å². The van der Waals surface area contributed by atoms with Gasteiger partial charge >= 0.3 is 13.8 Å². The number of nitrogens with one attached hydrogen (secondary N) is 1. The van der Waals surface area contributed by atoms with Crippen LogP contribution in [0.25, 0.3) is 0 Å². The zero-order valence-electron chi connectivity index (χ0n) is 38.9. The number of carbonyl (C=O) groups is 2. The van der Waals surface area contributed by atoms with Crippen LogP contribution < -0.4 is 5.32 Å². The molecule has 0 fully saturated rings. The molecule has 3 N–H and O–H groups in total. The molecule has 0 heterocycles. The second kappa shape index (κ2) is 46.7. The molecule has 10 heteroatoms. The lowest BCUT2D eigenvalue weighted by atomic mass is 10.0. The Balaban J connectivity index is 3.56. The van der Waals surface area contributed by atoms with E-state index in [4.69, 9.17) is 13.8 Å². The largest absolute Gasteiger partial charge is 0.472 e. The normalized spacial score (nSPS) is 13.5. The van der Waals surface area contributed by atoms with Crippen molar-refractivity contribution in [2.45, 2.75) is 245 Å². The molecule has 2 atom stereocenters. The monoisotopic (exact) mass is 868 g/mol. The first-order chi connectivity index (χ1) is 29.3. The Morgan fingerprint density at radius 3 is 1.38 bits per heavy atom. The van der Waals surface area contributed by atoms with Gasteiger partial charge in [0.05, 0.1) is 13.2 Å². The van der Waals surface area contributed by atoms with Crippen LogP contribution in [0.3, 0.4) is 0 Å². The van der Waals surface area contributed by atoms with Gasteiger partial charge in [-0.05, 0) is 70.6 Å². The molecule has 352 valence electrons. The molecular formula is C50H94NO8P. The summed E-state index contributed by atoms with van der Waals surface area (Å²) < 4.78 is 27.0. The third kappa shape index (κ3) is 47.3. The summed E-state index contributed by atoms with van der Waals surface area (Å²) in [4.78, 5) is 34.0. The lowest BCUT2D eigenvalue weighted by Crippen LogP contribution is -2.27. The quantitative estimate of drug-likeness (QED) is 0.0238. The molecule has 0 spiro atoms. The first kappa shape index (κ1) is 58.2. The van der Waals surface area contributed by atoms with Crippen molar-refractivity contribution in [3.05, 3.63) is 36.5 Å². The van der Waals surface area contributed by atoms with Gasteiger partial charge in [-0.2, -0.15) is 0 Å². The van der Waals surface area contributed by atoms with Gasteiger partial charge in [-0.25, -0.2) is 4.57 Å². The third-order valence-electron chi connectivity index (χ3n) is 10.8. The maximum atomic E-state index is 12.1. The summed E-state index contributed by atoms with van der Waals surface area (Å²) in [6.07, 6.45) is 53.6. The maximum absolute atomic E-state index is 12.1. The van der Waals surface area contributed by atoms with Gasteiger partial charge in [-0.3, -0.25) is 18.6 Å². The Kier molecular flexibility index (Phi) is 45.3. The minimum atomic E-state index is -4.42. The summed E-state index contributed by atoms with van der Waals surface area (Å²) in [5.74, 6) is -0.517. The zero-order valence-corrected chi connectivity index (χ0v) is 39.8. The lowest BCUT2D eigenvalue weighted by Gasteiger charge is -2.15. The van der Waals surface area contributed by atoms with Crippen LogP contribution in [0.2, 0.25) is 0 Å². The van der Waals surface area contributed by atoms with Crippen molar-refractivity contribution in [3.63, 3.8) is 0 Å². The molecule has 9 nitrogen and oxygen atoms in total. The van der Waals surface area contributed by atoms with Crippen LogP contribution in [-0.2, 0) is 27.9 Å². The SMILES string of the molecule is CCCCC/C=C\C/C=C\CCCCCCCCCCCCCC(=O)OCC(O)COP(=O)(O)OCCNC(=O)CCCCCCCCC/C=C\CCCCCCCCC. The fourth-order valence-corrected chi connectivity index (χ4v) is 7.75. The van der Waals surface area contributed by atoms with E-state index >= 15 is 0 Å². The fraction of sp³-hybridized carbons (Fsp3) is 0.840. The van der Waals surface area contributed by atoms with Crippen LogP contribution in [0, 0.1) is 0 Å². The number of amides is 1. The Morgan fingerprint density at radius 2 is 0.900 bits per heavy atom. The number of unbranched alkanes of at least 4 members (excludes halogenated alkanes) is 28. The molecule has 0 radical (unpaired) electrons. The van der Waals surface area contributed by atoms with Crippen molar-refractivity contribution >= 4 is 19.7 Å². The molecule has 2 unspecified atom stereocenters. The highest BCUT2D eigenvalue weighted by molar-refractivity contribution is 7.47. The number of hydrogen-bond donors (Lipinski definition) is 3. The Hall–Kier alpha value is -1.77. The topological polar surface area (TPSA) is 131 Å². The summed E-state index contributed by atoms with van der Waals surface area (Å²) in [5, 5.41) is 12.7. The molecule has 1 amide bonds. The molecule has 0 bridgehead atoms. The van der Waals surface area contributed by atoms with Crippen molar-refractivity contribution in [2.24, 2.45) is 0 Å². The number of ether oxygens (including phenoxy) is 1. The van der Waals surface area contributed by atoms with Crippen LogP contribution in [0.4, 0.5) is 0 Å². The van der Waals surface area contributed by atoms with E-state index in [1.54, 1.807) is 0 Å². The lowest BCUT2D eigenvalue weighted by molar-refractivity contribution is -0.147. The molecule has 0 aromatic carbocycles. The average molecular weight is 868 g/mol. The molecule has 0 aromatic rings. The van der Waals surface area contributed by atoms with Gasteiger partial charge in [-0.1, -0.05) is 192 Å². The highest BCUT2D eigenvalue weighted by Gasteiger charge is 2.23. The van der Waals surface area contributed by atoms with E-state index in [0.717, 1.165) is 44.9 Å². The first-order valence-electron chi connectivity index (χ1n) is 25.0. The predicted octanol–water partition coefficient (Wildman–Crippen LogP) is 14.5. The van der Waals surface area contributed by atoms with E-state index in [1.807, 2.05) is 0 Å². The van der Waals surface area contributed by atoms with Gasteiger partial charge in [-0.15, -0.1) is 0 Å². The number of phosphoric acid groups is 1.